The normalized spacial score (nSPS) is 20.5. The maximum atomic E-state index is 15.0. The largest absolute Gasteiger partial charge is 0.408 e. The average Bonchev–Trinajstić information content (AvgIpc) is 3.62. The van der Waals surface area contributed by atoms with Gasteiger partial charge < -0.3 is 5.73 Å². The Morgan fingerprint density at radius 2 is 1.62 bits per heavy atom. The van der Waals surface area contributed by atoms with Gasteiger partial charge in [0.15, 0.2) is 0 Å². The highest BCUT2D eigenvalue weighted by atomic mass is 19.4. The summed E-state index contributed by atoms with van der Waals surface area (Å²) in [7, 11) is 0. The van der Waals surface area contributed by atoms with E-state index in [1.54, 1.807) is 44.2 Å². The van der Waals surface area contributed by atoms with Crippen LogP contribution in [0.3, 0.4) is 0 Å². The molecular weight excluding hydrogens is 513 g/mol. The summed E-state index contributed by atoms with van der Waals surface area (Å²) in [5.74, 6) is -3.44. The number of primary amides is 1. The molecule has 1 aliphatic carbocycles. The van der Waals surface area contributed by atoms with Crippen molar-refractivity contribution in [3.05, 3.63) is 95.6 Å². The van der Waals surface area contributed by atoms with Crippen LogP contribution in [0.2, 0.25) is 0 Å². The van der Waals surface area contributed by atoms with E-state index in [0.717, 1.165) is 29.2 Å². The van der Waals surface area contributed by atoms with Crippen LogP contribution in [0.15, 0.2) is 72.8 Å². The molecule has 0 radical (unpaired) electrons. The molecule has 1 saturated carbocycles. The van der Waals surface area contributed by atoms with E-state index in [9.17, 15) is 32.0 Å². The van der Waals surface area contributed by atoms with E-state index in [4.69, 9.17) is 5.73 Å². The van der Waals surface area contributed by atoms with Crippen LogP contribution >= 0.6 is 0 Å². The summed E-state index contributed by atoms with van der Waals surface area (Å²) in [6, 6.07) is 15.0. The summed E-state index contributed by atoms with van der Waals surface area (Å²) in [5, 5.41) is 10.3. The van der Waals surface area contributed by atoms with Crippen LogP contribution in [0.1, 0.15) is 49.8 Å². The Morgan fingerprint density at radius 3 is 2.10 bits per heavy atom. The lowest BCUT2D eigenvalue weighted by Gasteiger charge is -2.42. The molecule has 0 bridgehead atoms. The lowest BCUT2D eigenvalue weighted by molar-refractivity contribution is -0.200. The lowest BCUT2D eigenvalue weighted by Crippen LogP contribution is -2.56. The number of rotatable bonds is 9. The quantitative estimate of drug-likeness (QED) is 0.300. The molecule has 204 valence electrons. The first-order chi connectivity index (χ1) is 18.4. The first-order valence-electron chi connectivity index (χ1n) is 12.6. The van der Waals surface area contributed by atoms with E-state index in [0.29, 0.717) is 5.56 Å². The number of hydrogen-bond acceptors (Lipinski definition) is 3. The van der Waals surface area contributed by atoms with Gasteiger partial charge in [0, 0.05) is 5.92 Å². The predicted molar refractivity (Wildman–Crippen MR) is 137 cm³/mol. The number of halogens is 5. The van der Waals surface area contributed by atoms with Crippen LogP contribution in [-0.2, 0) is 4.79 Å². The van der Waals surface area contributed by atoms with E-state index >= 15 is 0 Å². The number of carbonyl (C=O) groups is 1. The molecule has 1 amide bonds. The number of carbonyl (C=O) groups excluding carboxylic acids is 1. The van der Waals surface area contributed by atoms with Crippen LogP contribution in [-0.4, -0.2) is 28.6 Å². The van der Waals surface area contributed by atoms with Gasteiger partial charge in [0.25, 0.3) is 0 Å². The van der Waals surface area contributed by atoms with Gasteiger partial charge in [-0.15, -0.1) is 0 Å². The first kappa shape index (κ1) is 28.2. The zero-order chi connectivity index (χ0) is 28.5. The second-order valence-electron chi connectivity index (χ2n) is 10.3. The Morgan fingerprint density at radius 1 is 1.03 bits per heavy atom. The van der Waals surface area contributed by atoms with Crippen molar-refractivity contribution < 1.29 is 26.7 Å². The Balaban J connectivity index is 1.87. The summed E-state index contributed by atoms with van der Waals surface area (Å²) in [5.41, 5.74) is 4.16. The van der Waals surface area contributed by atoms with E-state index < -0.39 is 47.3 Å². The van der Waals surface area contributed by atoms with Crippen LogP contribution in [0.25, 0.3) is 11.1 Å². The predicted octanol–water partition coefficient (Wildman–Crippen LogP) is 6.89. The molecule has 0 spiro atoms. The highest BCUT2D eigenvalue weighted by Gasteiger charge is 2.66. The van der Waals surface area contributed by atoms with Gasteiger partial charge in [0.2, 0.25) is 5.91 Å². The highest BCUT2D eigenvalue weighted by Crippen LogP contribution is 2.60. The number of benzene rings is 3. The van der Waals surface area contributed by atoms with Gasteiger partial charge in [0.05, 0.1) is 17.7 Å². The number of nitriles is 1. The molecule has 0 aromatic heterocycles. The smallest absolute Gasteiger partial charge is 0.368 e. The third-order valence-corrected chi connectivity index (χ3v) is 7.21. The van der Waals surface area contributed by atoms with Crippen LogP contribution in [0, 0.1) is 28.9 Å². The molecule has 3 aromatic rings. The summed E-state index contributed by atoms with van der Waals surface area (Å²) < 4.78 is 73.6. The van der Waals surface area contributed by atoms with Gasteiger partial charge in [0.1, 0.15) is 23.2 Å². The summed E-state index contributed by atoms with van der Waals surface area (Å²) in [6.45, 7) is 3.52. The van der Waals surface area contributed by atoms with Gasteiger partial charge in [-0.2, -0.15) is 18.4 Å². The molecule has 0 saturated heterocycles. The van der Waals surface area contributed by atoms with Gasteiger partial charge in [-0.1, -0.05) is 74.5 Å². The molecule has 4 atom stereocenters. The van der Waals surface area contributed by atoms with Gasteiger partial charge >= 0.3 is 6.18 Å². The first-order valence-corrected chi connectivity index (χ1v) is 12.6. The van der Waals surface area contributed by atoms with Crippen molar-refractivity contribution >= 4 is 5.91 Å². The SMILES string of the molecule is CC(C)C[C@@H](C(N)=O)N([C@@H](c1ccc(-c2c(F)cccc2F)cc1)C(F)(F)F)[C@]1(C#N)C[C@@H]1c1ccccc1. The third-order valence-electron chi connectivity index (χ3n) is 7.21. The summed E-state index contributed by atoms with van der Waals surface area (Å²) in [6.07, 6.45) is -4.82. The van der Waals surface area contributed by atoms with Crippen LogP contribution in [0.5, 0.6) is 0 Å². The van der Waals surface area contributed by atoms with Crippen molar-refractivity contribution in [2.75, 3.05) is 0 Å². The fourth-order valence-corrected chi connectivity index (χ4v) is 5.41. The molecular formula is C30H28F5N3O. The number of amides is 1. The van der Waals surface area contributed by atoms with Crippen molar-refractivity contribution in [2.24, 2.45) is 11.7 Å². The highest BCUT2D eigenvalue weighted by molar-refractivity contribution is 5.80. The molecule has 4 rings (SSSR count). The van der Waals surface area contributed by atoms with E-state index in [-0.39, 0.29) is 35.4 Å². The minimum absolute atomic E-state index is 0.00533. The molecule has 0 aliphatic heterocycles. The Hall–Kier alpha value is -3.77. The van der Waals surface area contributed by atoms with Crippen molar-refractivity contribution in [3.8, 4) is 17.2 Å². The van der Waals surface area contributed by atoms with E-state index in [2.05, 4.69) is 6.07 Å². The minimum Gasteiger partial charge on any atom is -0.368 e. The second kappa shape index (κ2) is 10.8. The van der Waals surface area contributed by atoms with E-state index in [1.807, 2.05) is 0 Å². The van der Waals surface area contributed by atoms with Crippen molar-refractivity contribution in [1.29, 1.82) is 5.26 Å². The Labute approximate surface area is 223 Å². The minimum atomic E-state index is -4.91. The standard InChI is InChI=1S/C30H28F5N3O/c1-18(2)15-25(28(37)39)38(29(17-36)16-22(29)19-7-4-3-5-8-19)27(30(33,34)35)21-13-11-20(12-14-21)26-23(31)9-6-10-24(26)32/h3-14,18,22,25,27H,15-16H2,1-2H3,(H2,37,39)/t22-,25+,27+,29+/m1/s1. The van der Waals surface area contributed by atoms with Gasteiger partial charge in [-0.25, -0.2) is 8.78 Å². The average molecular weight is 542 g/mol. The van der Waals surface area contributed by atoms with Crippen molar-refractivity contribution in [1.82, 2.24) is 4.90 Å². The maximum Gasteiger partial charge on any atom is 0.408 e. The molecule has 4 nitrogen and oxygen atoms in total. The van der Waals surface area contributed by atoms with Crippen molar-refractivity contribution in [2.45, 2.75) is 56.4 Å². The fourth-order valence-electron chi connectivity index (χ4n) is 5.41. The molecule has 39 heavy (non-hydrogen) atoms. The molecule has 0 unspecified atom stereocenters. The zero-order valence-corrected chi connectivity index (χ0v) is 21.4. The second-order valence-corrected chi connectivity index (χ2v) is 10.3. The summed E-state index contributed by atoms with van der Waals surface area (Å²) >= 11 is 0. The maximum absolute atomic E-state index is 15.0. The number of nitrogens with zero attached hydrogens (tertiary/aromatic N) is 2. The molecule has 2 N–H and O–H groups in total. The molecule has 9 heteroatoms. The van der Waals surface area contributed by atoms with Crippen LogP contribution < -0.4 is 5.73 Å². The molecule has 3 aromatic carbocycles. The van der Waals surface area contributed by atoms with Gasteiger partial charge in [-0.05, 0) is 47.6 Å². The van der Waals surface area contributed by atoms with Gasteiger partial charge in [-0.3, -0.25) is 9.69 Å². The molecule has 1 fully saturated rings. The Kier molecular flexibility index (Phi) is 7.80. The van der Waals surface area contributed by atoms with Crippen molar-refractivity contribution in [3.63, 3.8) is 0 Å². The van der Waals surface area contributed by atoms with E-state index in [1.165, 1.54) is 18.2 Å². The van der Waals surface area contributed by atoms with Crippen LogP contribution in [0.4, 0.5) is 22.0 Å². The summed E-state index contributed by atoms with van der Waals surface area (Å²) in [4.78, 5) is 13.6. The Bertz CT molecular complexity index is 1350. The topological polar surface area (TPSA) is 70.1 Å². The number of nitrogens with two attached hydrogens (primary N) is 1. The number of alkyl halides is 3. The number of hydrogen-bond donors (Lipinski definition) is 1. The zero-order valence-electron chi connectivity index (χ0n) is 21.4. The monoisotopic (exact) mass is 541 g/mol. The third kappa shape index (κ3) is 5.52. The lowest BCUT2D eigenvalue weighted by atomic mass is 9.91. The molecule has 0 heterocycles. The molecule has 1 aliphatic rings. The fraction of sp³-hybridized carbons (Fsp3) is 0.333.